The number of nitrogens with one attached hydrogen (secondary N) is 1. The maximum Gasteiger partial charge on any atom is 0.255 e. The van der Waals surface area contributed by atoms with Crippen LogP contribution in [0.4, 0.5) is 0 Å². The molecule has 0 atom stereocenters. The first-order valence-corrected chi connectivity index (χ1v) is 11.6. The van der Waals surface area contributed by atoms with Crippen LogP contribution in [0.2, 0.25) is 0 Å². The Morgan fingerprint density at radius 1 is 1.07 bits per heavy atom. The van der Waals surface area contributed by atoms with E-state index in [0.29, 0.717) is 25.7 Å². The number of benzene rings is 1. The van der Waals surface area contributed by atoms with Crippen LogP contribution >= 0.6 is 23.1 Å². The smallest absolute Gasteiger partial charge is 0.255 e. The zero-order valence-electron chi connectivity index (χ0n) is 15.8. The number of thiophene rings is 1. The quantitative estimate of drug-likeness (QED) is 0.706. The first kappa shape index (κ1) is 19.5. The molecule has 1 saturated heterocycles. The second-order valence-electron chi connectivity index (χ2n) is 7.27. The third kappa shape index (κ3) is 5.16. The average Bonchev–Trinajstić information content (AvgIpc) is 3.37. The van der Waals surface area contributed by atoms with E-state index in [9.17, 15) is 9.59 Å². The number of carbonyl (C=O) groups is 2. The highest BCUT2D eigenvalue weighted by Gasteiger charge is 2.27. The summed E-state index contributed by atoms with van der Waals surface area (Å²) in [6.07, 6.45) is 2.22. The molecule has 1 aliphatic carbocycles. The summed E-state index contributed by atoms with van der Waals surface area (Å²) in [7, 11) is 0. The van der Waals surface area contributed by atoms with E-state index in [1.807, 2.05) is 29.2 Å². The molecule has 2 amide bonds. The number of rotatable bonds is 7. The van der Waals surface area contributed by atoms with Crippen molar-refractivity contribution in [2.24, 2.45) is 0 Å². The number of piperazine rings is 1. The highest BCUT2D eigenvalue weighted by Crippen LogP contribution is 2.29. The van der Waals surface area contributed by atoms with Crippen molar-refractivity contribution in [3.8, 4) is 0 Å². The molecule has 0 radical (unpaired) electrons. The molecular formula is C21H25N3O2S2. The molecule has 1 aromatic heterocycles. The van der Waals surface area contributed by atoms with E-state index in [2.05, 4.69) is 27.7 Å². The lowest BCUT2D eigenvalue weighted by atomic mass is 10.2. The SMILES string of the molecule is O=C(CN1CCN(C(=O)c2ccccc2SCc2cccs2)CC1)NC1CC1. The molecule has 148 valence electrons. The second kappa shape index (κ2) is 9.11. The van der Waals surface area contributed by atoms with Gasteiger partial charge in [0, 0.05) is 47.7 Å². The normalized spacial score (nSPS) is 17.5. The summed E-state index contributed by atoms with van der Waals surface area (Å²) in [5, 5.41) is 5.11. The molecule has 2 fully saturated rings. The molecule has 2 aromatic rings. The molecule has 0 bridgehead atoms. The van der Waals surface area contributed by atoms with Gasteiger partial charge in [-0.25, -0.2) is 0 Å². The van der Waals surface area contributed by atoms with Gasteiger partial charge >= 0.3 is 0 Å². The summed E-state index contributed by atoms with van der Waals surface area (Å²) < 4.78 is 0. The highest BCUT2D eigenvalue weighted by molar-refractivity contribution is 7.98. The van der Waals surface area contributed by atoms with Crippen LogP contribution in [0.15, 0.2) is 46.7 Å². The van der Waals surface area contributed by atoms with Crippen molar-refractivity contribution in [1.82, 2.24) is 15.1 Å². The number of hydrogen-bond donors (Lipinski definition) is 1. The van der Waals surface area contributed by atoms with Crippen molar-refractivity contribution in [2.75, 3.05) is 32.7 Å². The molecule has 2 heterocycles. The average molecular weight is 416 g/mol. The molecular weight excluding hydrogens is 390 g/mol. The number of carbonyl (C=O) groups excluding carboxylic acids is 2. The van der Waals surface area contributed by atoms with Gasteiger partial charge in [0.15, 0.2) is 0 Å². The Morgan fingerprint density at radius 3 is 2.57 bits per heavy atom. The minimum atomic E-state index is 0.0939. The number of amides is 2. The molecule has 7 heteroatoms. The topological polar surface area (TPSA) is 52.7 Å². The fourth-order valence-corrected chi connectivity index (χ4v) is 5.11. The summed E-state index contributed by atoms with van der Waals surface area (Å²) in [4.78, 5) is 31.5. The Hall–Kier alpha value is -1.83. The van der Waals surface area contributed by atoms with Gasteiger partial charge in [-0.1, -0.05) is 18.2 Å². The Balaban J connectivity index is 1.31. The second-order valence-corrected chi connectivity index (χ2v) is 9.32. The van der Waals surface area contributed by atoms with Crippen molar-refractivity contribution in [3.05, 3.63) is 52.2 Å². The van der Waals surface area contributed by atoms with Gasteiger partial charge in [0.25, 0.3) is 5.91 Å². The van der Waals surface area contributed by atoms with Crippen LogP contribution in [-0.4, -0.2) is 60.4 Å². The van der Waals surface area contributed by atoms with Crippen molar-refractivity contribution in [2.45, 2.75) is 29.5 Å². The third-order valence-corrected chi connectivity index (χ3v) is 7.22. The standard InChI is InChI=1S/C21H25N3O2S2/c25-20(22-16-7-8-16)14-23-9-11-24(12-10-23)21(26)18-5-1-2-6-19(18)28-15-17-4-3-13-27-17/h1-6,13,16H,7-12,14-15H2,(H,22,25). The largest absolute Gasteiger partial charge is 0.352 e. The number of hydrogen-bond acceptors (Lipinski definition) is 5. The van der Waals surface area contributed by atoms with Crippen LogP contribution in [0.3, 0.4) is 0 Å². The fourth-order valence-electron chi connectivity index (χ4n) is 3.30. The van der Waals surface area contributed by atoms with Crippen LogP contribution < -0.4 is 5.32 Å². The van der Waals surface area contributed by atoms with E-state index in [1.165, 1.54) is 4.88 Å². The molecule has 1 saturated carbocycles. The van der Waals surface area contributed by atoms with Crippen LogP contribution in [0.5, 0.6) is 0 Å². The maximum absolute atomic E-state index is 13.1. The summed E-state index contributed by atoms with van der Waals surface area (Å²) in [5.74, 6) is 1.08. The van der Waals surface area contributed by atoms with E-state index in [1.54, 1.807) is 23.1 Å². The van der Waals surface area contributed by atoms with Crippen molar-refractivity contribution < 1.29 is 9.59 Å². The van der Waals surface area contributed by atoms with Gasteiger partial charge in [0.05, 0.1) is 12.1 Å². The van der Waals surface area contributed by atoms with Gasteiger partial charge in [0.2, 0.25) is 5.91 Å². The van der Waals surface area contributed by atoms with Gasteiger partial charge in [-0.2, -0.15) is 0 Å². The molecule has 0 spiro atoms. The Bertz CT molecular complexity index is 813. The summed E-state index contributed by atoms with van der Waals surface area (Å²) in [6, 6.07) is 12.5. The fraction of sp³-hybridized carbons (Fsp3) is 0.429. The lowest BCUT2D eigenvalue weighted by Gasteiger charge is -2.34. The van der Waals surface area contributed by atoms with Crippen LogP contribution in [-0.2, 0) is 10.5 Å². The van der Waals surface area contributed by atoms with E-state index >= 15 is 0 Å². The lowest BCUT2D eigenvalue weighted by molar-refractivity contribution is -0.122. The maximum atomic E-state index is 13.1. The molecule has 2 aliphatic rings. The van der Waals surface area contributed by atoms with Gasteiger partial charge in [-0.3, -0.25) is 14.5 Å². The summed E-state index contributed by atoms with van der Waals surface area (Å²) >= 11 is 3.46. The van der Waals surface area contributed by atoms with Crippen LogP contribution in [0.1, 0.15) is 28.1 Å². The van der Waals surface area contributed by atoms with Crippen molar-refractivity contribution in [3.63, 3.8) is 0 Å². The van der Waals surface area contributed by atoms with Gasteiger partial charge in [0.1, 0.15) is 0 Å². The van der Waals surface area contributed by atoms with Gasteiger partial charge < -0.3 is 10.2 Å². The third-order valence-electron chi connectivity index (χ3n) is 5.04. The predicted octanol–water partition coefficient (Wildman–Crippen LogP) is 3.08. The monoisotopic (exact) mass is 415 g/mol. The highest BCUT2D eigenvalue weighted by atomic mass is 32.2. The van der Waals surface area contributed by atoms with E-state index in [-0.39, 0.29) is 11.8 Å². The minimum Gasteiger partial charge on any atom is -0.352 e. The van der Waals surface area contributed by atoms with Crippen LogP contribution in [0.25, 0.3) is 0 Å². The Labute approximate surface area is 174 Å². The number of thioether (sulfide) groups is 1. The first-order chi connectivity index (χ1) is 13.7. The molecule has 1 N–H and O–H groups in total. The zero-order chi connectivity index (χ0) is 19.3. The van der Waals surface area contributed by atoms with E-state index in [4.69, 9.17) is 0 Å². The van der Waals surface area contributed by atoms with Gasteiger partial charge in [-0.15, -0.1) is 23.1 Å². The molecule has 1 aliphatic heterocycles. The van der Waals surface area contributed by atoms with Gasteiger partial charge in [-0.05, 0) is 36.4 Å². The van der Waals surface area contributed by atoms with E-state index < -0.39 is 0 Å². The van der Waals surface area contributed by atoms with Crippen LogP contribution in [0, 0.1) is 0 Å². The number of nitrogens with zero attached hydrogens (tertiary/aromatic N) is 2. The Kier molecular flexibility index (Phi) is 6.34. The molecule has 0 unspecified atom stereocenters. The summed E-state index contributed by atoms with van der Waals surface area (Å²) in [5.41, 5.74) is 0.781. The molecule has 4 rings (SSSR count). The molecule has 5 nitrogen and oxygen atoms in total. The lowest BCUT2D eigenvalue weighted by Crippen LogP contribution is -2.51. The van der Waals surface area contributed by atoms with Crippen molar-refractivity contribution in [1.29, 1.82) is 0 Å². The van der Waals surface area contributed by atoms with E-state index in [0.717, 1.165) is 42.1 Å². The minimum absolute atomic E-state index is 0.0939. The molecule has 1 aromatic carbocycles. The molecule has 28 heavy (non-hydrogen) atoms. The van der Waals surface area contributed by atoms with Crippen molar-refractivity contribution >= 4 is 34.9 Å². The first-order valence-electron chi connectivity index (χ1n) is 9.74. The Morgan fingerprint density at radius 2 is 1.86 bits per heavy atom. The predicted molar refractivity (Wildman–Crippen MR) is 114 cm³/mol. The summed E-state index contributed by atoms with van der Waals surface area (Å²) in [6.45, 7) is 3.26. The zero-order valence-corrected chi connectivity index (χ0v) is 17.4.